The van der Waals surface area contributed by atoms with Gasteiger partial charge in [0.25, 0.3) is 5.91 Å². The van der Waals surface area contributed by atoms with Crippen molar-refractivity contribution in [1.29, 1.82) is 0 Å². The summed E-state index contributed by atoms with van der Waals surface area (Å²) in [4.78, 5) is 14.2. The number of carbonyl (C=O) groups is 1. The predicted octanol–water partition coefficient (Wildman–Crippen LogP) is 1.89. The van der Waals surface area contributed by atoms with Crippen molar-refractivity contribution in [2.75, 3.05) is 27.8 Å². The topological polar surface area (TPSA) is 84.9 Å². The average molecular weight is 402 g/mol. The molecule has 0 radical (unpaired) electrons. The van der Waals surface area contributed by atoms with Crippen molar-refractivity contribution in [3.05, 3.63) is 53.6 Å². The van der Waals surface area contributed by atoms with Crippen molar-refractivity contribution >= 4 is 15.9 Å². The molecule has 1 N–H and O–H groups in total. The molecule has 2 aromatic rings. The fourth-order valence-corrected chi connectivity index (χ4v) is 3.53. The molecule has 2 rings (SSSR count). The molecule has 0 unspecified atom stereocenters. The van der Waals surface area contributed by atoms with Crippen LogP contribution in [0, 0.1) is 12.3 Å². The molecule has 0 aliphatic heterocycles. The van der Waals surface area contributed by atoms with Gasteiger partial charge >= 0.3 is 0 Å². The van der Waals surface area contributed by atoms with Gasteiger partial charge in [-0.1, -0.05) is 12.0 Å². The number of methoxy groups -OCH3 is 2. The second kappa shape index (κ2) is 9.26. The van der Waals surface area contributed by atoms with E-state index < -0.39 is 10.0 Å². The van der Waals surface area contributed by atoms with Crippen LogP contribution in [0.3, 0.4) is 0 Å². The number of benzene rings is 2. The quantitative estimate of drug-likeness (QED) is 0.682. The Morgan fingerprint density at radius 1 is 1.18 bits per heavy atom. The van der Waals surface area contributed by atoms with E-state index in [4.69, 9.17) is 15.9 Å². The van der Waals surface area contributed by atoms with Gasteiger partial charge in [-0.15, -0.1) is 6.42 Å². The van der Waals surface area contributed by atoms with Gasteiger partial charge < -0.3 is 14.4 Å². The van der Waals surface area contributed by atoms with Gasteiger partial charge in [0.2, 0.25) is 10.0 Å². The average Bonchev–Trinajstić information content (AvgIpc) is 2.72. The molecule has 0 aliphatic rings. The second-order valence-corrected chi connectivity index (χ2v) is 7.66. The molecule has 28 heavy (non-hydrogen) atoms. The van der Waals surface area contributed by atoms with E-state index in [-0.39, 0.29) is 29.5 Å². The number of nitrogens with one attached hydrogen (secondary N) is 1. The normalized spacial score (nSPS) is 10.8. The maximum atomic E-state index is 12.8. The Kier molecular flexibility index (Phi) is 7.04. The van der Waals surface area contributed by atoms with E-state index in [0.717, 1.165) is 5.56 Å². The monoisotopic (exact) mass is 402 g/mol. The van der Waals surface area contributed by atoms with Crippen LogP contribution >= 0.6 is 0 Å². The van der Waals surface area contributed by atoms with Crippen LogP contribution < -0.4 is 14.2 Å². The molecule has 0 aliphatic carbocycles. The molecule has 1 amide bonds. The lowest BCUT2D eigenvalue weighted by Gasteiger charge is -2.19. The lowest BCUT2D eigenvalue weighted by Crippen LogP contribution is -2.27. The van der Waals surface area contributed by atoms with E-state index >= 15 is 0 Å². The number of hydrogen-bond acceptors (Lipinski definition) is 5. The fraction of sp³-hybridized carbons (Fsp3) is 0.250. The highest BCUT2D eigenvalue weighted by atomic mass is 32.2. The highest BCUT2D eigenvalue weighted by Gasteiger charge is 2.18. The van der Waals surface area contributed by atoms with Crippen molar-refractivity contribution in [3.63, 3.8) is 0 Å². The molecule has 148 valence electrons. The third-order valence-corrected chi connectivity index (χ3v) is 5.40. The number of ether oxygens (including phenoxy) is 2. The van der Waals surface area contributed by atoms with Crippen molar-refractivity contribution in [2.24, 2.45) is 0 Å². The maximum absolute atomic E-state index is 12.8. The Balaban J connectivity index is 2.22. The summed E-state index contributed by atoms with van der Waals surface area (Å²) in [7, 11) is 0.949. The molecule has 8 heteroatoms. The number of amides is 1. The van der Waals surface area contributed by atoms with Gasteiger partial charge in [-0.05, 0) is 30.3 Å². The zero-order chi connectivity index (χ0) is 20.7. The van der Waals surface area contributed by atoms with Crippen molar-refractivity contribution in [3.8, 4) is 23.8 Å². The summed E-state index contributed by atoms with van der Waals surface area (Å²) in [5, 5.41) is 0. The third kappa shape index (κ3) is 5.03. The maximum Gasteiger partial charge on any atom is 0.253 e. The largest absolute Gasteiger partial charge is 0.497 e. The van der Waals surface area contributed by atoms with Crippen LogP contribution in [0.15, 0.2) is 47.4 Å². The Hall–Kier alpha value is -3.02. The minimum atomic E-state index is -3.78. The standard InChI is InChI=1S/C20H22N2O5S/c1-5-11-21-28(24,25)18-8-6-7-15(12-18)20(23)22(2)14-16-9-10-17(26-3)13-19(16)27-4/h1,6-10,12-13,21H,11,14H2,2-4H3. The van der Waals surface area contributed by atoms with Gasteiger partial charge in [-0.25, -0.2) is 8.42 Å². The molecule has 0 saturated carbocycles. The van der Waals surface area contributed by atoms with E-state index in [2.05, 4.69) is 10.6 Å². The molecular formula is C20H22N2O5S. The van der Waals surface area contributed by atoms with Crippen LogP contribution in [-0.2, 0) is 16.6 Å². The smallest absolute Gasteiger partial charge is 0.253 e. The Labute approximate surface area is 165 Å². The summed E-state index contributed by atoms with van der Waals surface area (Å²) in [5.41, 5.74) is 1.04. The molecule has 0 spiro atoms. The number of nitrogens with zero attached hydrogens (tertiary/aromatic N) is 1. The first-order valence-electron chi connectivity index (χ1n) is 8.32. The minimum absolute atomic E-state index is 0.0240. The van der Waals surface area contributed by atoms with Crippen LogP contribution in [0.4, 0.5) is 0 Å². The number of carbonyl (C=O) groups excluding carboxylic acids is 1. The zero-order valence-electron chi connectivity index (χ0n) is 15.9. The summed E-state index contributed by atoms with van der Waals surface area (Å²) in [6.45, 7) is 0.149. The molecule has 0 bridgehead atoms. The molecule has 7 nitrogen and oxygen atoms in total. The Morgan fingerprint density at radius 2 is 1.93 bits per heavy atom. The van der Waals surface area contributed by atoms with Gasteiger partial charge in [0.15, 0.2) is 0 Å². The van der Waals surface area contributed by atoms with Gasteiger partial charge in [0.1, 0.15) is 11.5 Å². The number of hydrogen-bond donors (Lipinski definition) is 1. The predicted molar refractivity (Wildman–Crippen MR) is 106 cm³/mol. The van der Waals surface area contributed by atoms with Crippen LogP contribution in [0.1, 0.15) is 15.9 Å². The summed E-state index contributed by atoms with van der Waals surface area (Å²) >= 11 is 0. The first-order chi connectivity index (χ1) is 13.3. The zero-order valence-corrected chi connectivity index (χ0v) is 16.7. The van der Waals surface area contributed by atoms with E-state index in [1.54, 1.807) is 32.4 Å². The number of sulfonamides is 1. The first kappa shape index (κ1) is 21.3. The second-order valence-electron chi connectivity index (χ2n) is 5.90. The van der Waals surface area contributed by atoms with Crippen LogP contribution in [0.2, 0.25) is 0 Å². The minimum Gasteiger partial charge on any atom is -0.497 e. The molecular weight excluding hydrogens is 380 g/mol. The molecule has 0 saturated heterocycles. The Morgan fingerprint density at radius 3 is 2.57 bits per heavy atom. The van der Waals surface area contributed by atoms with Gasteiger partial charge in [-0.2, -0.15) is 4.72 Å². The third-order valence-electron chi connectivity index (χ3n) is 4.00. The molecule has 0 atom stereocenters. The van der Waals surface area contributed by atoms with E-state index in [9.17, 15) is 13.2 Å². The summed E-state index contributed by atoms with van der Waals surface area (Å²) in [6.07, 6.45) is 5.09. The highest BCUT2D eigenvalue weighted by Crippen LogP contribution is 2.26. The van der Waals surface area contributed by atoms with E-state index in [1.807, 2.05) is 6.07 Å². The van der Waals surface area contributed by atoms with Gasteiger partial charge in [0.05, 0.1) is 25.7 Å². The molecule has 0 aromatic heterocycles. The van der Waals surface area contributed by atoms with Crippen LogP contribution in [-0.4, -0.2) is 47.0 Å². The molecule has 0 fully saturated rings. The number of rotatable bonds is 8. The van der Waals surface area contributed by atoms with Gasteiger partial charge in [-0.3, -0.25) is 4.79 Å². The van der Waals surface area contributed by atoms with Crippen molar-refractivity contribution in [1.82, 2.24) is 9.62 Å². The SMILES string of the molecule is C#CCNS(=O)(=O)c1cccc(C(=O)N(C)Cc2ccc(OC)cc2OC)c1. The lowest BCUT2D eigenvalue weighted by atomic mass is 10.1. The van der Waals surface area contributed by atoms with Crippen LogP contribution in [0.5, 0.6) is 11.5 Å². The molecule has 0 heterocycles. The van der Waals surface area contributed by atoms with Crippen molar-refractivity contribution < 1.29 is 22.7 Å². The molecule has 2 aromatic carbocycles. The summed E-state index contributed by atoms with van der Waals surface area (Å²) in [6, 6.07) is 11.1. The van der Waals surface area contributed by atoms with E-state index in [0.29, 0.717) is 11.5 Å². The summed E-state index contributed by atoms with van der Waals surface area (Å²) in [5.74, 6) is 3.12. The fourth-order valence-electron chi connectivity index (χ4n) is 2.55. The van der Waals surface area contributed by atoms with Crippen LogP contribution in [0.25, 0.3) is 0 Å². The summed E-state index contributed by atoms with van der Waals surface area (Å²) < 4.78 is 37.2. The highest BCUT2D eigenvalue weighted by molar-refractivity contribution is 7.89. The van der Waals surface area contributed by atoms with Gasteiger partial charge in [0, 0.05) is 30.8 Å². The lowest BCUT2D eigenvalue weighted by molar-refractivity contribution is 0.0784. The Bertz CT molecular complexity index is 996. The number of terminal acetylenes is 1. The van der Waals surface area contributed by atoms with Crippen molar-refractivity contribution in [2.45, 2.75) is 11.4 Å². The van der Waals surface area contributed by atoms with E-state index in [1.165, 1.54) is 30.2 Å². The first-order valence-corrected chi connectivity index (χ1v) is 9.80.